The molecule has 0 saturated carbocycles. The number of hydrogen-bond donors (Lipinski definition) is 1. The first-order valence-corrected chi connectivity index (χ1v) is 9.51. The van der Waals surface area contributed by atoms with Crippen molar-refractivity contribution in [3.8, 4) is 0 Å². The Labute approximate surface area is 170 Å². The van der Waals surface area contributed by atoms with Gasteiger partial charge in [0.25, 0.3) is 0 Å². The zero-order valence-corrected chi connectivity index (χ0v) is 16.9. The molecule has 0 aromatic heterocycles. The van der Waals surface area contributed by atoms with E-state index in [-0.39, 0.29) is 36.7 Å². The highest BCUT2D eigenvalue weighted by molar-refractivity contribution is 5.94. The monoisotopic (exact) mass is 391 g/mol. The quantitative estimate of drug-likeness (QED) is 0.850. The third-order valence-electron chi connectivity index (χ3n) is 4.98. The summed E-state index contributed by atoms with van der Waals surface area (Å²) in [5.74, 6) is -0.601. The lowest BCUT2D eigenvalue weighted by Crippen LogP contribution is -2.39. The van der Waals surface area contributed by atoms with Gasteiger partial charge in [-0.25, -0.2) is 0 Å². The fourth-order valence-corrected chi connectivity index (χ4v) is 3.38. The highest BCUT2D eigenvalue weighted by Crippen LogP contribution is 2.33. The Bertz CT molecular complexity index is 950. The van der Waals surface area contributed by atoms with E-state index >= 15 is 0 Å². The number of rotatable bonds is 5. The highest BCUT2D eigenvalue weighted by atomic mass is 16.2. The predicted molar refractivity (Wildman–Crippen MR) is 113 cm³/mol. The maximum absolute atomic E-state index is 12.8. The maximum atomic E-state index is 12.8. The minimum atomic E-state index is -0.385. The molecule has 1 aliphatic rings. The van der Waals surface area contributed by atoms with E-state index in [1.54, 1.807) is 18.1 Å². The topological polar surface area (TPSA) is 69.7 Å². The largest absolute Gasteiger partial charge is 0.336 e. The zero-order valence-electron chi connectivity index (χ0n) is 16.9. The number of carbonyl (C=O) groups is 3. The smallest absolute Gasteiger partial charge is 0.243 e. The lowest BCUT2D eigenvalue weighted by Gasteiger charge is -2.33. The predicted octanol–water partition coefficient (Wildman–Crippen LogP) is 3.36. The van der Waals surface area contributed by atoms with Crippen LogP contribution in [-0.2, 0) is 14.4 Å². The van der Waals surface area contributed by atoms with Crippen LogP contribution in [0, 0.1) is 6.92 Å². The molecule has 0 fully saturated rings. The zero-order chi connectivity index (χ0) is 21.0. The average Bonchev–Trinajstić information content (AvgIpc) is 2.69. The van der Waals surface area contributed by atoms with Crippen LogP contribution in [0.4, 0.5) is 5.69 Å². The summed E-state index contributed by atoms with van der Waals surface area (Å²) >= 11 is 0. The first kappa shape index (κ1) is 20.3. The van der Waals surface area contributed by atoms with Crippen molar-refractivity contribution in [2.45, 2.75) is 26.3 Å². The van der Waals surface area contributed by atoms with E-state index in [0.717, 1.165) is 16.7 Å². The summed E-state index contributed by atoms with van der Waals surface area (Å²) in [6.07, 6.45) is 3.69. The molecule has 6 heteroatoms. The normalized spacial score (nSPS) is 14.9. The van der Waals surface area contributed by atoms with Gasteiger partial charge in [-0.05, 0) is 36.3 Å². The van der Waals surface area contributed by atoms with Crippen molar-refractivity contribution in [2.75, 3.05) is 18.9 Å². The molecule has 3 amide bonds. The number of aryl methyl sites for hydroxylation is 1. The first-order valence-electron chi connectivity index (χ1n) is 9.51. The number of hydrogen-bond acceptors (Lipinski definition) is 3. The molecule has 0 spiro atoms. The summed E-state index contributed by atoms with van der Waals surface area (Å²) in [6, 6.07) is 14.8. The van der Waals surface area contributed by atoms with E-state index in [9.17, 15) is 14.4 Å². The molecule has 3 rings (SSSR count). The van der Waals surface area contributed by atoms with Gasteiger partial charge in [-0.15, -0.1) is 0 Å². The summed E-state index contributed by atoms with van der Waals surface area (Å²) in [4.78, 5) is 40.1. The number of carbonyl (C=O) groups excluding carboxylic acids is 3. The third-order valence-corrected chi connectivity index (χ3v) is 4.98. The van der Waals surface area contributed by atoms with Gasteiger partial charge in [-0.3, -0.25) is 14.4 Å². The van der Waals surface area contributed by atoms with Crippen molar-refractivity contribution in [3.05, 3.63) is 71.4 Å². The molecule has 29 heavy (non-hydrogen) atoms. The average molecular weight is 391 g/mol. The van der Waals surface area contributed by atoms with Crippen molar-refractivity contribution in [1.29, 1.82) is 0 Å². The summed E-state index contributed by atoms with van der Waals surface area (Å²) < 4.78 is 0. The summed E-state index contributed by atoms with van der Waals surface area (Å²) in [5.41, 5.74) is 3.71. The summed E-state index contributed by atoms with van der Waals surface area (Å²) in [5, 5.41) is 2.79. The molecule has 150 valence electrons. The molecule has 0 aliphatic carbocycles. The van der Waals surface area contributed by atoms with Gasteiger partial charge in [0, 0.05) is 25.9 Å². The molecule has 1 N–H and O–H groups in total. The molecule has 0 bridgehead atoms. The molecular formula is C23H25N3O3. The van der Waals surface area contributed by atoms with Gasteiger partial charge in [0.2, 0.25) is 17.7 Å². The van der Waals surface area contributed by atoms with Crippen LogP contribution in [-0.4, -0.2) is 41.1 Å². The Morgan fingerprint density at radius 1 is 1.07 bits per heavy atom. The van der Waals surface area contributed by atoms with E-state index < -0.39 is 0 Å². The van der Waals surface area contributed by atoms with Crippen molar-refractivity contribution in [1.82, 2.24) is 9.80 Å². The minimum absolute atomic E-state index is 0.0585. The molecule has 2 aromatic rings. The molecular weight excluding hydrogens is 366 g/mol. The number of anilines is 1. The van der Waals surface area contributed by atoms with Gasteiger partial charge in [0.05, 0.1) is 19.0 Å². The van der Waals surface area contributed by atoms with Gasteiger partial charge in [0.15, 0.2) is 0 Å². The van der Waals surface area contributed by atoms with Crippen molar-refractivity contribution in [3.63, 3.8) is 0 Å². The van der Waals surface area contributed by atoms with Crippen LogP contribution in [0.3, 0.4) is 0 Å². The molecule has 1 aliphatic heterocycles. The van der Waals surface area contributed by atoms with Gasteiger partial charge in [-0.2, -0.15) is 0 Å². The maximum Gasteiger partial charge on any atom is 0.243 e. The SMILES string of the molecule is CC(=O)N1C=Cc2ccccc2[C@H]1CC(=O)N(C)CC(=O)Nc1ccc(C)cc1. The molecule has 2 aromatic carbocycles. The second-order valence-corrected chi connectivity index (χ2v) is 7.25. The van der Waals surface area contributed by atoms with E-state index in [1.807, 2.05) is 61.5 Å². The number of benzene rings is 2. The highest BCUT2D eigenvalue weighted by Gasteiger charge is 2.29. The minimum Gasteiger partial charge on any atom is -0.336 e. The second-order valence-electron chi connectivity index (χ2n) is 7.25. The molecule has 6 nitrogen and oxygen atoms in total. The third kappa shape index (κ3) is 4.90. The van der Waals surface area contributed by atoms with Crippen LogP contribution in [0.1, 0.15) is 36.1 Å². The molecule has 1 heterocycles. The number of nitrogens with one attached hydrogen (secondary N) is 1. The first-order chi connectivity index (χ1) is 13.8. The lowest BCUT2D eigenvalue weighted by atomic mass is 9.93. The Kier molecular flexibility index (Phi) is 6.12. The van der Waals surface area contributed by atoms with E-state index in [0.29, 0.717) is 5.69 Å². The van der Waals surface area contributed by atoms with Crippen LogP contribution >= 0.6 is 0 Å². The van der Waals surface area contributed by atoms with Crippen molar-refractivity contribution in [2.24, 2.45) is 0 Å². The lowest BCUT2D eigenvalue weighted by molar-refractivity contribution is -0.136. The second kappa shape index (κ2) is 8.73. The Hall–Kier alpha value is -3.41. The molecule has 1 atom stereocenters. The number of nitrogens with zero attached hydrogens (tertiary/aromatic N) is 2. The van der Waals surface area contributed by atoms with Gasteiger partial charge >= 0.3 is 0 Å². The van der Waals surface area contributed by atoms with Crippen molar-refractivity contribution >= 4 is 29.5 Å². The van der Waals surface area contributed by atoms with Crippen LogP contribution in [0.25, 0.3) is 6.08 Å². The standard InChI is InChI=1S/C23H25N3O3/c1-16-8-10-19(11-9-16)24-22(28)15-25(3)23(29)14-21-20-7-5-4-6-18(20)12-13-26(21)17(2)27/h4-13,21H,14-15H2,1-3H3,(H,24,28)/t21-/m1/s1. The Morgan fingerprint density at radius 3 is 2.45 bits per heavy atom. The molecule has 0 saturated heterocycles. The number of likely N-dealkylation sites (N-methyl/N-ethyl adjacent to an activating group) is 1. The fourth-order valence-electron chi connectivity index (χ4n) is 3.38. The summed E-state index contributed by atoms with van der Waals surface area (Å²) in [6.45, 7) is 3.40. The van der Waals surface area contributed by atoms with Gasteiger partial charge in [0.1, 0.15) is 0 Å². The van der Waals surface area contributed by atoms with Crippen LogP contribution in [0.2, 0.25) is 0 Å². The van der Waals surface area contributed by atoms with Gasteiger partial charge < -0.3 is 15.1 Å². The van der Waals surface area contributed by atoms with Gasteiger partial charge in [-0.1, -0.05) is 42.0 Å². The fraction of sp³-hybridized carbons (Fsp3) is 0.261. The molecule has 0 radical (unpaired) electrons. The van der Waals surface area contributed by atoms with Crippen LogP contribution < -0.4 is 5.32 Å². The number of amides is 3. The van der Waals surface area contributed by atoms with Crippen molar-refractivity contribution < 1.29 is 14.4 Å². The Morgan fingerprint density at radius 2 is 1.76 bits per heavy atom. The Balaban J connectivity index is 1.66. The number of fused-ring (bicyclic) bond motifs is 1. The van der Waals surface area contributed by atoms with E-state index in [2.05, 4.69) is 5.32 Å². The van der Waals surface area contributed by atoms with Crippen LogP contribution in [0.15, 0.2) is 54.7 Å². The summed E-state index contributed by atoms with van der Waals surface area (Å²) in [7, 11) is 1.60. The van der Waals surface area contributed by atoms with E-state index in [1.165, 1.54) is 11.8 Å². The van der Waals surface area contributed by atoms with E-state index in [4.69, 9.17) is 0 Å². The molecule has 0 unspecified atom stereocenters. The van der Waals surface area contributed by atoms with Crippen LogP contribution in [0.5, 0.6) is 0 Å².